The molecule has 0 radical (unpaired) electrons. The third-order valence-electron chi connectivity index (χ3n) is 4.79. The van der Waals surface area contributed by atoms with Crippen LogP contribution in [0.5, 0.6) is 5.88 Å². The maximum Gasteiger partial charge on any atom is 0.286 e. The minimum Gasteiger partial charge on any atom is -0.493 e. The van der Waals surface area contributed by atoms with Crippen molar-refractivity contribution < 1.29 is 13.5 Å². The number of hydrogen-bond donors (Lipinski definition) is 2. The molecule has 0 saturated carbocycles. The number of benzene rings is 2. The fourth-order valence-corrected chi connectivity index (χ4v) is 4.67. The van der Waals surface area contributed by atoms with Gasteiger partial charge in [-0.1, -0.05) is 42.5 Å². The van der Waals surface area contributed by atoms with E-state index < -0.39 is 21.1 Å². The predicted molar refractivity (Wildman–Crippen MR) is 115 cm³/mol. The van der Waals surface area contributed by atoms with Gasteiger partial charge in [-0.25, -0.2) is 9.36 Å². The van der Waals surface area contributed by atoms with Gasteiger partial charge in [0.05, 0.1) is 17.8 Å². The summed E-state index contributed by atoms with van der Waals surface area (Å²) >= 11 is 0. The lowest BCUT2D eigenvalue weighted by molar-refractivity contribution is 0.253. The van der Waals surface area contributed by atoms with Gasteiger partial charge in [0.1, 0.15) is 10.5 Å². The monoisotopic (exact) mass is 426 g/mol. The Hall–Kier alpha value is -3.33. The average Bonchev–Trinajstić information content (AvgIpc) is 2.92. The van der Waals surface area contributed by atoms with Crippen molar-refractivity contribution >= 4 is 21.5 Å². The van der Waals surface area contributed by atoms with Crippen LogP contribution in [0, 0.1) is 0 Å². The zero-order chi connectivity index (χ0) is 21.7. The van der Waals surface area contributed by atoms with Gasteiger partial charge in [0.2, 0.25) is 5.88 Å². The topological polar surface area (TPSA) is 106 Å². The van der Waals surface area contributed by atoms with Crippen LogP contribution < -0.4 is 10.9 Å². The van der Waals surface area contributed by atoms with Crippen molar-refractivity contribution in [2.75, 3.05) is 5.32 Å². The number of aromatic hydroxyl groups is 1. The lowest BCUT2D eigenvalue weighted by Gasteiger charge is -2.25. The largest absolute Gasteiger partial charge is 0.493 e. The van der Waals surface area contributed by atoms with Crippen molar-refractivity contribution in [2.45, 2.75) is 37.8 Å². The SMILES string of the molecule is CC(C)(C)n1c(O)c(C2=NS(=O)(=O)c3ccccc3N2)c(=O)n1Cc1ccccc1. The fraction of sp³-hybridized carbons (Fsp3) is 0.238. The first kappa shape index (κ1) is 20.0. The lowest BCUT2D eigenvalue weighted by atomic mass is 10.1. The first-order valence-electron chi connectivity index (χ1n) is 9.40. The molecule has 2 heterocycles. The molecule has 0 unspecified atom stereocenters. The Labute approximate surface area is 174 Å². The van der Waals surface area contributed by atoms with Gasteiger partial charge in [-0.2, -0.15) is 8.42 Å². The molecule has 8 nitrogen and oxygen atoms in total. The summed E-state index contributed by atoms with van der Waals surface area (Å²) in [7, 11) is -4.01. The minimum atomic E-state index is -4.01. The van der Waals surface area contributed by atoms with Crippen LogP contribution in [0.25, 0.3) is 0 Å². The van der Waals surface area contributed by atoms with Gasteiger partial charge in [-0.15, -0.1) is 4.40 Å². The fourth-order valence-electron chi connectivity index (χ4n) is 3.54. The first-order valence-corrected chi connectivity index (χ1v) is 10.8. The third-order valence-corrected chi connectivity index (χ3v) is 6.13. The van der Waals surface area contributed by atoms with Gasteiger partial charge in [-0.3, -0.25) is 4.79 Å². The molecule has 0 spiro atoms. The summed E-state index contributed by atoms with van der Waals surface area (Å²) in [6, 6.07) is 15.6. The quantitative estimate of drug-likeness (QED) is 0.670. The second-order valence-electron chi connectivity index (χ2n) is 8.07. The molecule has 4 rings (SSSR count). The Bertz CT molecular complexity index is 1310. The van der Waals surface area contributed by atoms with E-state index in [0.29, 0.717) is 5.69 Å². The number of para-hydroxylation sites is 1. The van der Waals surface area contributed by atoms with Crippen LogP contribution in [0.2, 0.25) is 0 Å². The molecule has 1 aliphatic rings. The summed E-state index contributed by atoms with van der Waals surface area (Å²) in [6.45, 7) is 5.75. The lowest BCUT2D eigenvalue weighted by Crippen LogP contribution is -2.34. The molecule has 30 heavy (non-hydrogen) atoms. The van der Waals surface area contributed by atoms with Crippen molar-refractivity contribution in [2.24, 2.45) is 4.40 Å². The van der Waals surface area contributed by atoms with E-state index in [2.05, 4.69) is 9.71 Å². The van der Waals surface area contributed by atoms with E-state index in [0.717, 1.165) is 5.56 Å². The molecular formula is C21H22N4O4S. The number of aromatic nitrogens is 2. The zero-order valence-corrected chi connectivity index (χ0v) is 17.6. The van der Waals surface area contributed by atoms with E-state index in [1.165, 1.54) is 15.4 Å². The van der Waals surface area contributed by atoms with Crippen molar-refractivity contribution in [3.63, 3.8) is 0 Å². The van der Waals surface area contributed by atoms with E-state index in [1.807, 2.05) is 51.1 Å². The maximum absolute atomic E-state index is 13.4. The highest BCUT2D eigenvalue weighted by Crippen LogP contribution is 2.31. The Morgan fingerprint density at radius 1 is 1.03 bits per heavy atom. The second kappa shape index (κ2) is 6.88. The maximum atomic E-state index is 13.4. The number of fused-ring (bicyclic) bond motifs is 1. The second-order valence-corrected chi connectivity index (χ2v) is 9.64. The van der Waals surface area contributed by atoms with E-state index in [9.17, 15) is 18.3 Å². The van der Waals surface area contributed by atoms with Crippen molar-refractivity contribution in [1.29, 1.82) is 0 Å². The summed E-state index contributed by atoms with van der Waals surface area (Å²) in [5.74, 6) is -0.537. The van der Waals surface area contributed by atoms with Gasteiger partial charge >= 0.3 is 0 Å². The molecule has 0 fully saturated rings. The highest BCUT2D eigenvalue weighted by Gasteiger charge is 2.33. The van der Waals surface area contributed by atoms with Crippen molar-refractivity contribution in [3.8, 4) is 5.88 Å². The van der Waals surface area contributed by atoms with Crippen LogP contribution in [0.15, 0.2) is 68.7 Å². The number of amidine groups is 1. The van der Waals surface area contributed by atoms with Crippen LogP contribution in [0.1, 0.15) is 31.9 Å². The molecule has 1 aromatic heterocycles. The highest BCUT2D eigenvalue weighted by atomic mass is 32.2. The Balaban J connectivity index is 1.92. The van der Waals surface area contributed by atoms with Gasteiger partial charge in [0.25, 0.3) is 15.6 Å². The number of nitrogens with one attached hydrogen (secondary N) is 1. The Morgan fingerprint density at radius 2 is 1.67 bits per heavy atom. The van der Waals surface area contributed by atoms with Crippen LogP contribution in [-0.4, -0.2) is 28.7 Å². The van der Waals surface area contributed by atoms with Crippen LogP contribution >= 0.6 is 0 Å². The molecule has 1 aliphatic heterocycles. The number of rotatable bonds is 3. The van der Waals surface area contributed by atoms with Gasteiger partial charge in [0, 0.05) is 0 Å². The molecule has 0 amide bonds. The smallest absolute Gasteiger partial charge is 0.286 e. The molecule has 156 valence electrons. The normalized spacial score (nSPS) is 15.2. The summed E-state index contributed by atoms with van der Waals surface area (Å²) in [5, 5.41) is 13.9. The number of hydrogen-bond acceptors (Lipinski definition) is 5. The van der Waals surface area contributed by atoms with Crippen LogP contribution in [0.4, 0.5) is 5.69 Å². The molecule has 0 saturated heterocycles. The first-order chi connectivity index (χ1) is 14.1. The standard InChI is InChI=1S/C21H22N4O4S/c1-21(2,3)25-20(27)17(19(26)24(25)13-14-9-5-4-6-10-14)18-22-15-11-7-8-12-16(15)30(28,29)23-18/h4-12,27H,13H2,1-3H3,(H,22,23). The Morgan fingerprint density at radius 3 is 2.33 bits per heavy atom. The minimum absolute atomic E-state index is 0.0214. The van der Waals surface area contributed by atoms with E-state index in [4.69, 9.17) is 0 Å². The Kier molecular flexibility index (Phi) is 4.58. The van der Waals surface area contributed by atoms with E-state index in [1.54, 1.807) is 18.2 Å². The molecule has 3 aromatic rings. The summed E-state index contributed by atoms with van der Waals surface area (Å²) in [4.78, 5) is 13.4. The molecule has 0 aliphatic carbocycles. The van der Waals surface area contributed by atoms with Crippen LogP contribution in [-0.2, 0) is 22.1 Å². The van der Waals surface area contributed by atoms with Gasteiger partial charge < -0.3 is 10.4 Å². The van der Waals surface area contributed by atoms with Crippen molar-refractivity contribution in [3.05, 3.63) is 76.1 Å². The summed E-state index contributed by atoms with van der Waals surface area (Å²) < 4.78 is 31.9. The average molecular weight is 426 g/mol. The van der Waals surface area contributed by atoms with E-state index >= 15 is 0 Å². The number of nitrogens with zero attached hydrogens (tertiary/aromatic N) is 3. The predicted octanol–water partition coefficient (Wildman–Crippen LogP) is 2.72. The van der Waals surface area contributed by atoms with Crippen molar-refractivity contribution in [1.82, 2.24) is 9.36 Å². The van der Waals surface area contributed by atoms with Gasteiger partial charge in [-0.05, 0) is 38.5 Å². The molecule has 0 atom stereocenters. The third kappa shape index (κ3) is 3.30. The molecule has 2 aromatic carbocycles. The zero-order valence-electron chi connectivity index (χ0n) is 16.8. The summed E-state index contributed by atoms with van der Waals surface area (Å²) in [5.41, 5.74) is -0.196. The van der Waals surface area contributed by atoms with Gasteiger partial charge in [0.15, 0.2) is 5.84 Å². The highest BCUT2D eigenvalue weighted by molar-refractivity contribution is 7.90. The molecule has 2 N–H and O–H groups in total. The molecular weight excluding hydrogens is 404 g/mol. The summed E-state index contributed by atoms with van der Waals surface area (Å²) in [6.07, 6.45) is 0. The number of anilines is 1. The number of sulfonamides is 1. The van der Waals surface area contributed by atoms with E-state index in [-0.39, 0.29) is 28.7 Å². The molecule has 9 heteroatoms. The van der Waals surface area contributed by atoms with Crippen LogP contribution in [0.3, 0.4) is 0 Å². The molecule has 0 bridgehead atoms.